The second-order valence-electron chi connectivity index (χ2n) is 6.41. The SMILES string of the molecule is O=C(Nc1ccc2c(c1)CCNC2)c1cn(Cc2ccc(Cl)c(Cl)c2)nn1. The zero-order chi connectivity index (χ0) is 18.8. The Morgan fingerprint density at radius 1 is 1.15 bits per heavy atom. The highest BCUT2D eigenvalue weighted by atomic mass is 35.5. The van der Waals surface area contributed by atoms with E-state index in [9.17, 15) is 4.79 Å². The summed E-state index contributed by atoms with van der Waals surface area (Å²) in [4.78, 5) is 12.5. The summed E-state index contributed by atoms with van der Waals surface area (Å²) in [5.41, 5.74) is 4.47. The quantitative estimate of drug-likeness (QED) is 0.701. The molecule has 4 rings (SSSR count). The van der Waals surface area contributed by atoms with Crippen LogP contribution in [-0.2, 0) is 19.5 Å². The van der Waals surface area contributed by atoms with Gasteiger partial charge in [0.05, 0.1) is 22.8 Å². The van der Waals surface area contributed by atoms with E-state index < -0.39 is 0 Å². The van der Waals surface area contributed by atoms with Crippen LogP contribution in [0.4, 0.5) is 5.69 Å². The van der Waals surface area contributed by atoms with Crippen LogP contribution < -0.4 is 10.6 Å². The van der Waals surface area contributed by atoms with E-state index in [2.05, 4.69) is 20.9 Å². The van der Waals surface area contributed by atoms with E-state index in [0.29, 0.717) is 16.6 Å². The third kappa shape index (κ3) is 4.13. The van der Waals surface area contributed by atoms with Crippen molar-refractivity contribution in [1.29, 1.82) is 0 Å². The number of hydrogen-bond acceptors (Lipinski definition) is 4. The second kappa shape index (κ2) is 7.68. The summed E-state index contributed by atoms with van der Waals surface area (Å²) in [6, 6.07) is 11.3. The van der Waals surface area contributed by atoms with Gasteiger partial charge in [-0.2, -0.15) is 0 Å². The molecule has 2 aromatic carbocycles. The van der Waals surface area contributed by atoms with Gasteiger partial charge in [0.25, 0.3) is 5.91 Å². The van der Waals surface area contributed by atoms with Gasteiger partial charge in [0.1, 0.15) is 0 Å². The first-order valence-corrected chi connectivity index (χ1v) is 9.32. The number of halogens is 2. The molecule has 2 heterocycles. The highest BCUT2D eigenvalue weighted by molar-refractivity contribution is 6.42. The molecular formula is C19H17Cl2N5O. The molecule has 8 heteroatoms. The predicted octanol–water partition coefficient (Wildman–Crippen LogP) is 3.53. The topological polar surface area (TPSA) is 71.8 Å². The second-order valence-corrected chi connectivity index (χ2v) is 7.23. The Balaban J connectivity index is 1.44. The number of anilines is 1. The van der Waals surface area contributed by atoms with Crippen molar-refractivity contribution in [3.05, 3.63) is 75.0 Å². The van der Waals surface area contributed by atoms with Crippen LogP contribution in [0.2, 0.25) is 10.0 Å². The molecule has 6 nitrogen and oxygen atoms in total. The van der Waals surface area contributed by atoms with Crippen molar-refractivity contribution in [2.45, 2.75) is 19.5 Å². The number of benzene rings is 2. The largest absolute Gasteiger partial charge is 0.321 e. The van der Waals surface area contributed by atoms with Gasteiger partial charge in [-0.25, -0.2) is 4.68 Å². The van der Waals surface area contributed by atoms with E-state index >= 15 is 0 Å². The first kappa shape index (κ1) is 18.0. The summed E-state index contributed by atoms with van der Waals surface area (Å²) in [5.74, 6) is -0.288. The van der Waals surface area contributed by atoms with Crippen molar-refractivity contribution >= 4 is 34.8 Å². The summed E-state index contributed by atoms with van der Waals surface area (Å²) in [6.45, 7) is 2.27. The van der Waals surface area contributed by atoms with Gasteiger partial charge in [0, 0.05) is 12.2 Å². The van der Waals surface area contributed by atoms with Crippen LogP contribution >= 0.6 is 23.2 Å². The Morgan fingerprint density at radius 2 is 2.04 bits per heavy atom. The van der Waals surface area contributed by atoms with Crippen LogP contribution in [0.1, 0.15) is 27.2 Å². The molecule has 0 saturated heterocycles. The molecular weight excluding hydrogens is 385 g/mol. The van der Waals surface area contributed by atoms with Gasteiger partial charge in [0.2, 0.25) is 0 Å². The zero-order valence-corrected chi connectivity index (χ0v) is 15.9. The molecule has 0 bridgehead atoms. The van der Waals surface area contributed by atoms with Gasteiger partial charge in [-0.3, -0.25) is 4.79 Å². The van der Waals surface area contributed by atoms with Crippen molar-refractivity contribution in [3.63, 3.8) is 0 Å². The monoisotopic (exact) mass is 401 g/mol. The maximum Gasteiger partial charge on any atom is 0.277 e. The molecule has 0 saturated carbocycles. The Labute approximate surface area is 166 Å². The molecule has 1 aliphatic heterocycles. The lowest BCUT2D eigenvalue weighted by Gasteiger charge is -2.17. The van der Waals surface area contributed by atoms with Crippen molar-refractivity contribution in [2.75, 3.05) is 11.9 Å². The highest BCUT2D eigenvalue weighted by Gasteiger charge is 2.14. The number of nitrogens with zero attached hydrogens (tertiary/aromatic N) is 3. The number of amides is 1. The Bertz CT molecular complexity index is 1000. The molecule has 1 aliphatic rings. The molecule has 138 valence electrons. The van der Waals surface area contributed by atoms with Crippen molar-refractivity contribution in [1.82, 2.24) is 20.3 Å². The van der Waals surface area contributed by atoms with E-state index in [0.717, 1.165) is 30.8 Å². The lowest BCUT2D eigenvalue weighted by molar-refractivity contribution is 0.102. The molecule has 0 fully saturated rings. The minimum atomic E-state index is -0.288. The van der Waals surface area contributed by atoms with E-state index in [1.54, 1.807) is 23.0 Å². The summed E-state index contributed by atoms with van der Waals surface area (Å²) >= 11 is 12.0. The minimum absolute atomic E-state index is 0.259. The summed E-state index contributed by atoms with van der Waals surface area (Å²) < 4.78 is 1.59. The molecule has 3 aromatic rings. The van der Waals surface area contributed by atoms with Gasteiger partial charge in [0.15, 0.2) is 5.69 Å². The highest BCUT2D eigenvalue weighted by Crippen LogP contribution is 2.23. The first-order valence-electron chi connectivity index (χ1n) is 8.56. The number of rotatable bonds is 4. The number of carbonyl (C=O) groups is 1. The first-order chi connectivity index (χ1) is 13.1. The van der Waals surface area contributed by atoms with Gasteiger partial charge < -0.3 is 10.6 Å². The standard InChI is InChI=1S/C19H17Cl2N5O/c20-16-4-1-12(7-17(16)21)10-26-11-18(24-25-26)19(27)23-15-3-2-14-9-22-6-5-13(14)8-15/h1-4,7-8,11,22H,5-6,9-10H2,(H,23,27). The molecule has 27 heavy (non-hydrogen) atoms. The van der Waals surface area contributed by atoms with Gasteiger partial charge in [-0.05, 0) is 53.9 Å². The summed E-state index contributed by atoms with van der Waals surface area (Å²) in [7, 11) is 0. The van der Waals surface area contributed by atoms with E-state index in [1.807, 2.05) is 24.3 Å². The van der Waals surface area contributed by atoms with Crippen molar-refractivity contribution in [3.8, 4) is 0 Å². The van der Waals surface area contributed by atoms with Crippen LogP contribution in [0.15, 0.2) is 42.6 Å². The van der Waals surface area contributed by atoms with Crippen LogP contribution in [0.25, 0.3) is 0 Å². The van der Waals surface area contributed by atoms with Crippen molar-refractivity contribution < 1.29 is 4.79 Å². The molecule has 1 amide bonds. The van der Waals surface area contributed by atoms with Crippen molar-refractivity contribution in [2.24, 2.45) is 0 Å². The number of fused-ring (bicyclic) bond motifs is 1. The lowest BCUT2D eigenvalue weighted by Crippen LogP contribution is -2.23. The normalized spacial score (nSPS) is 13.3. The molecule has 0 aliphatic carbocycles. The average molecular weight is 402 g/mol. The maximum atomic E-state index is 12.5. The molecule has 0 spiro atoms. The Hall–Kier alpha value is -2.41. The van der Waals surface area contributed by atoms with Gasteiger partial charge in [-0.15, -0.1) is 5.10 Å². The summed E-state index contributed by atoms with van der Waals surface area (Å²) in [5, 5.41) is 15.2. The number of carbonyl (C=O) groups excluding carboxylic acids is 1. The van der Waals surface area contributed by atoms with Gasteiger partial charge >= 0.3 is 0 Å². The number of nitrogens with one attached hydrogen (secondary N) is 2. The third-order valence-corrected chi connectivity index (χ3v) is 5.19. The molecule has 0 unspecified atom stereocenters. The minimum Gasteiger partial charge on any atom is -0.321 e. The third-order valence-electron chi connectivity index (χ3n) is 4.45. The Kier molecular flexibility index (Phi) is 5.11. The number of aromatic nitrogens is 3. The van der Waals surface area contributed by atoms with Crippen LogP contribution in [-0.4, -0.2) is 27.4 Å². The Morgan fingerprint density at radius 3 is 2.89 bits per heavy atom. The van der Waals surface area contributed by atoms with E-state index in [-0.39, 0.29) is 11.6 Å². The van der Waals surface area contributed by atoms with E-state index in [4.69, 9.17) is 23.2 Å². The fourth-order valence-electron chi connectivity index (χ4n) is 3.05. The molecule has 1 aromatic heterocycles. The predicted molar refractivity (Wildman–Crippen MR) is 105 cm³/mol. The van der Waals surface area contributed by atoms with Crippen LogP contribution in [0.5, 0.6) is 0 Å². The van der Waals surface area contributed by atoms with E-state index in [1.165, 1.54) is 11.1 Å². The smallest absolute Gasteiger partial charge is 0.277 e. The van der Waals surface area contributed by atoms with Gasteiger partial charge in [-0.1, -0.05) is 40.5 Å². The molecule has 0 radical (unpaired) electrons. The fraction of sp³-hybridized carbons (Fsp3) is 0.211. The van der Waals surface area contributed by atoms with Crippen LogP contribution in [0.3, 0.4) is 0 Å². The number of hydrogen-bond donors (Lipinski definition) is 2. The lowest BCUT2D eigenvalue weighted by atomic mass is 10.0. The molecule has 0 atom stereocenters. The van der Waals surface area contributed by atoms with Crippen LogP contribution in [0, 0.1) is 0 Å². The zero-order valence-electron chi connectivity index (χ0n) is 14.4. The molecule has 2 N–H and O–H groups in total. The maximum absolute atomic E-state index is 12.5. The average Bonchev–Trinajstić information content (AvgIpc) is 3.13. The summed E-state index contributed by atoms with van der Waals surface area (Å²) in [6.07, 6.45) is 2.57. The fourth-order valence-corrected chi connectivity index (χ4v) is 3.38.